The molecule has 2 heterocycles. The lowest BCUT2D eigenvalue weighted by Gasteiger charge is -2.37. The molecule has 1 saturated heterocycles. The normalized spacial score (nSPS) is 15.9. The highest BCUT2D eigenvalue weighted by Crippen LogP contribution is 2.33. The van der Waals surface area contributed by atoms with Crippen LogP contribution < -0.4 is 10.9 Å². The Kier molecular flexibility index (Phi) is 5.97. The first kappa shape index (κ1) is 20.3. The van der Waals surface area contributed by atoms with Crippen molar-refractivity contribution in [2.45, 2.75) is 25.8 Å². The Balaban J connectivity index is 2.10. The van der Waals surface area contributed by atoms with Crippen molar-refractivity contribution in [2.75, 3.05) is 26.2 Å². The maximum Gasteiger partial charge on any atom is 0.338 e. The number of fused-ring (bicyclic) bond motifs is 1. The summed E-state index contributed by atoms with van der Waals surface area (Å²) in [5, 5.41) is 14.6. The van der Waals surface area contributed by atoms with E-state index in [2.05, 4.69) is 17.1 Å². The summed E-state index contributed by atoms with van der Waals surface area (Å²) >= 11 is 0. The van der Waals surface area contributed by atoms with Crippen LogP contribution in [-0.2, 0) is 0 Å². The van der Waals surface area contributed by atoms with Gasteiger partial charge in [0.2, 0.25) is 0 Å². The molecule has 0 aliphatic carbocycles. The van der Waals surface area contributed by atoms with E-state index in [0.717, 1.165) is 39.0 Å². The van der Waals surface area contributed by atoms with Gasteiger partial charge in [0.25, 0.3) is 5.56 Å². The molecule has 0 saturated carbocycles. The summed E-state index contributed by atoms with van der Waals surface area (Å²) in [5.74, 6) is -0.998. The van der Waals surface area contributed by atoms with Crippen molar-refractivity contribution in [3.8, 4) is 5.69 Å². The molecule has 0 radical (unpaired) electrons. The number of piperazine rings is 1. The van der Waals surface area contributed by atoms with Crippen LogP contribution in [0.4, 0.5) is 0 Å². The molecule has 1 aliphatic rings. The van der Waals surface area contributed by atoms with Gasteiger partial charge in [-0.15, -0.1) is 0 Å². The summed E-state index contributed by atoms with van der Waals surface area (Å²) in [4.78, 5) is 28.5. The summed E-state index contributed by atoms with van der Waals surface area (Å²) in [6, 6.07) is 16.3. The standard InChI is InChI=1S/C24H27N3O3/c1-2-8-20(26-15-13-25-14-16-26)22-21(24(29)30)18-11-6-7-12-19(18)23(28)27(22)17-9-4-3-5-10-17/h3-7,9-12,20,25H,2,8,13-16H2,1H3,(H,29,30). The van der Waals surface area contributed by atoms with Gasteiger partial charge >= 0.3 is 5.97 Å². The van der Waals surface area contributed by atoms with Crippen LogP contribution in [0.2, 0.25) is 0 Å². The van der Waals surface area contributed by atoms with Gasteiger partial charge in [-0.1, -0.05) is 49.7 Å². The Morgan fingerprint density at radius 1 is 1.03 bits per heavy atom. The summed E-state index contributed by atoms with van der Waals surface area (Å²) in [7, 11) is 0. The number of hydrogen-bond acceptors (Lipinski definition) is 4. The Labute approximate surface area is 175 Å². The minimum atomic E-state index is -0.998. The van der Waals surface area contributed by atoms with Crippen molar-refractivity contribution < 1.29 is 9.90 Å². The summed E-state index contributed by atoms with van der Waals surface area (Å²) in [6.07, 6.45) is 1.67. The third-order valence-corrected chi connectivity index (χ3v) is 5.83. The Bertz CT molecular complexity index is 1100. The van der Waals surface area contributed by atoms with Crippen molar-refractivity contribution in [1.29, 1.82) is 0 Å². The molecule has 0 bridgehead atoms. The fourth-order valence-electron chi connectivity index (χ4n) is 4.50. The van der Waals surface area contributed by atoms with E-state index in [-0.39, 0.29) is 17.2 Å². The number of carboxylic acid groups (broad SMARTS) is 1. The minimum absolute atomic E-state index is 0.152. The van der Waals surface area contributed by atoms with Gasteiger partial charge in [-0.3, -0.25) is 14.3 Å². The number of benzene rings is 2. The smallest absolute Gasteiger partial charge is 0.338 e. The maximum atomic E-state index is 13.7. The second kappa shape index (κ2) is 8.81. The molecule has 2 N–H and O–H groups in total. The van der Waals surface area contributed by atoms with Crippen molar-refractivity contribution in [1.82, 2.24) is 14.8 Å². The van der Waals surface area contributed by atoms with Gasteiger partial charge in [0.1, 0.15) is 0 Å². The van der Waals surface area contributed by atoms with Crippen molar-refractivity contribution in [3.63, 3.8) is 0 Å². The summed E-state index contributed by atoms with van der Waals surface area (Å²) in [5.41, 5.74) is 1.34. The number of carboxylic acids is 1. The number of aromatic nitrogens is 1. The van der Waals surface area contributed by atoms with Crippen LogP contribution in [0.1, 0.15) is 41.9 Å². The van der Waals surface area contributed by atoms with Gasteiger partial charge in [0, 0.05) is 42.6 Å². The maximum absolute atomic E-state index is 13.7. The van der Waals surface area contributed by atoms with E-state index in [0.29, 0.717) is 22.2 Å². The average Bonchev–Trinajstić information content (AvgIpc) is 2.78. The number of hydrogen-bond donors (Lipinski definition) is 2. The first-order valence-corrected chi connectivity index (χ1v) is 10.5. The SMILES string of the molecule is CCCC(c1c(C(=O)O)c2ccccc2c(=O)n1-c1ccccc1)N1CCNCC1. The number of nitrogens with zero attached hydrogens (tertiary/aromatic N) is 2. The highest BCUT2D eigenvalue weighted by Gasteiger charge is 2.31. The van der Waals surface area contributed by atoms with E-state index >= 15 is 0 Å². The third kappa shape index (κ3) is 3.64. The van der Waals surface area contributed by atoms with E-state index in [9.17, 15) is 14.7 Å². The zero-order chi connectivity index (χ0) is 21.1. The highest BCUT2D eigenvalue weighted by atomic mass is 16.4. The van der Waals surface area contributed by atoms with Gasteiger partial charge in [0.05, 0.1) is 17.3 Å². The molecule has 1 aromatic heterocycles. The van der Waals surface area contributed by atoms with Gasteiger partial charge in [0.15, 0.2) is 0 Å². The van der Waals surface area contributed by atoms with E-state index in [1.165, 1.54) is 0 Å². The van der Waals surface area contributed by atoms with Gasteiger partial charge in [-0.25, -0.2) is 4.79 Å². The fourth-order valence-corrected chi connectivity index (χ4v) is 4.50. The lowest BCUT2D eigenvalue weighted by Crippen LogP contribution is -2.46. The predicted molar refractivity (Wildman–Crippen MR) is 119 cm³/mol. The minimum Gasteiger partial charge on any atom is -0.478 e. The summed E-state index contributed by atoms with van der Waals surface area (Å²) < 4.78 is 1.63. The zero-order valence-electron chi connectivity index (χ0n) is 17.2. The van der Waals surface area contributed by atoms with Crippen molar-refractivity contribution in [2.24, 2.45) is 0 Å². The Morgan fingerprint density at radius 2 is 1.67 bits per heavy atom. The Hall–Kier alpha value is -2.96. The fraction of sp³-hybridized carbons (Fsp3) is 0.333. The molecule has 4 rings (SSSR count). The van der Waals surface area contributed by atoms with E-state index in [1.807, 2.05) is 30.3 Å². The molecule has 156 valence electrons. The van der Waals surface area contributed by atoms with E-state index < -0.39 is 5.97 Å². The van der Waals surface area contributed by atoms with Crippen LogP contribution in [0.5, 0.6) is 0 Å². The van der Waals surface area contributed by atoms with Gasteiger partial charge in [-0.2, -0.15) is 0 Å². The van der Waals surface area contributed by atoms with Crippen LogP contribution in [0, 0.1) is 0 Å². The molecule has 0 amide bonds. The van der Waals surface area contributed by atoms with Crippen molar-refractivity contribution >= 4 is 16.7 Å². The number of aromatic carboxylic acids is 1. The number of pyridine rings is 1. The van der Waals surface area contributed by atoms with Crippen LogP contribution in [0.3, 0.4) is 0 Å². The largest absolute Gasteiger partial charge is 0.478 e. The second-order valence-electron chi connectivity index (χ2n) is 7.68. The lowest BCUT2D eigenvalue weighted by atomic mass is 9.95. The monoisotopic (exact) mass is 405 g/mol. The molecule has 1 aliphatic heterocycles. The van der Waals surface area contributed by atoms with Crippen LogP contribution in [-0.4, -0.2) is 46.7 Å². The average molecular weight is 405 g/mol. The first-order chi connectivity index (χ1) is 14.6. The molecule has 2 aromatic carbocycles. The summed E-state index contributed by atoms with van der Waals surface area (Å²) in [6.45, 7) is 5.44. The van der Waals surface area contributed by atoms with Crippen molar-refractivity contribution in [3.05, 3.63) is 76.2 Å². The molecule has 3 aromatic rings. The molecular weight excluding hydrogens is 378 g/mol. The molecule has 6 heteroatoms. The third-order valence-electron chi connectivity index (χ3n) is 5.83. The quantitative estimate of drug-likeness (QED) is 0.657. The van der Waals surface area contributed by atoms with Crippen LogP contribution in [0.25, 0.3) is 16.5 Å². The van der Waals surface area contributed by atoms with Gasteiger partial charge in [-0.05, 0) is 24.6 Å². The van der Waals surface area contributed by atoms with Crippen LogP contribution in [0.15, 0.2) is 59.4 Å². The highest BCUT2D eigenvalue weighted by molar-refractivity contribution is 6.04. The Morgan fingerprint density at radius 3 is 2.30 bits per heavy atom. The molecule has 6 nitrogen and oxygen atoms in total. The van der Waals surface area contributed by atoms with E-state index in [4.69, 9.17) is 0 Å². The number of para-hydroxylation sites is 1. The zero-order valence-corrected chi connectivity index (χ0v) is 17.2. The molecule has 30 heavy (non-hydrogen) atoms. The second-order valence-corrected chi connectivity index (χ2v) is 7.68. The molecular formula is C24H27N3O3. The molecule has 1 atom stereocenters. The molecule has 1 fully saturated rings. The van der Waals surface area contributed by atoms with Crippen LogP contribution >= 0.6 is 0 Å². The lowest BCUT2D eigenvalue weighted by molar-refractivity contribution is 0.0691. The first-order valence-electron chi connectivity index (χ1n) is 10.5. The topological polar surface area (TPSA) is 74.6 Å². The predicted octanol–water partition coefficient (Wildman–Crippen LogP) is 3.44. The number of carbonyl (C=O) groups is 1. The van der Waals surface area contributed by atoms with Gasteiger partial charge < -0.3 is 10.4 Å². The molecule has 0 spiro atoms. The molecule has 1 unspecified atom stereocenters. The number of rotatable bonds is 6. The number of nitrogens with one attached hydrogen (secondary N) is 1. The van der Waals surface area contributed by atoms with E-state index in [1.54, 1.807) is 28.8 Å².